The van der Waals surface area contributed by atoms with Gasteiger partial charge in [0.1, 0.15) is 10.6 Å². The summed E-state index contributed by atoms with van der Waals surface area (Å²) in [6.07, 6.45) is 6.81. The van der Waals surface area contributed by atoms with Crippen molar-refractivity contribution in [2.75, 3.05) is 0 Å². The van der Waals surface area contributed by atoms with Crippen LogP contribution in [0.15, 0.2) is 23.1 Å². The Morgan fingerprint density at radius 3 is 2.29 bits per heavy atom. The van der Waals surface area contributed by atoms with E-state index in [1.807, 2.05) is 0 Å². The molecule has 0 amide bonds. The van der Waals surface area contributed by atoms with Gasteiger partial charge < -0.3 is 5.11 Å². The predicted octanol–water partition coefficient (Wildman–Crippen LogP) is 3.57. The van der Waals surface area contributed by atoms with Gasteiger partial charge in [-0.15, -0.1) is 0 Å². The van der Waals surface area contributed by atoms with Crippen molar-refractivity contribution in [2.24, 2.45) is 0 Å². The summed E-state index contributed by atoms with van der Waals surface area (Å²) in [5, 5.41) is 9.55. The molecule has 0 heterocycles. The van der Waals surface area contributed by atoms with Crippen LogP contribution >= 0.6 is 0 Å². The van der Waals surface area contributed by atoms with Crippen LogP contribution < -0.4 is 0 Å². The highest BCUT2D eigenvalue weighted by Gasteiger charge is 2.17. The third-order valence-electron chi connectivity index (χ3n) is 3.32. The molecule has 0 saturated heterocycles. The lowest BCUT2D eigenvalue weighted by Crippen LogP contribution is -2.02. The van der Waals surface area contributed by atoms with Crippen molar-refractivity contribution in [1.82, 2.24) is 0 Å². The summed E-state index contributed by atoms with van der Waals surface area (Å²) in [5.74, 6) is -0.742. The molecular formula is C15H22O5S. The van der Waals surface area contributed by atoms with E-state index in [0.29, 0.717) is 6.42 Å². The van der Waals surface area contributed by atoms with E-state index in [2.05, 4.69) is 6.92 Å². The van der Waals surface area contributed by atoms with Crippen molar-refractivity contribution >= 4 is 15.9 Å². The van der Waals surface area contributed by atoms with E-state index < -0.39 is 20.8 Å². The first-order valence-corrected chi connectivity index (χ1v) is 8.64. The summed E-state index contributed by atoms with van der Waals surface area (Å²) >= 11 is 0. The molecule has 6 heteroatoms. The van der Waals surface area contributed by atoms with Crippen molar-refractivity contribution in [3.8, 4) is 5.75 Å². The van der Waals surface area contributed by atoms with E-state index in [4.69, 9.17) is 4.55 Å². The van der Waals surface area contributed by atoms with Gasteiger partial charge in [0, 0.05) is 12.0 Å². The summed E-state index contributed by atoms with van der Waals surface area (Å²) in [5.41, 5.74) is 0.258. The zero-order valence-electron chi connectivity index (χ0n) is 12.2. The summed E-state index contributed by atoms with van der Waals surface area (Å²) in [7, 11) is -4.47. The molecule has 0 aliphatic heterocycles. The first-order valence-electron chi connectivity index (χ1n) is 7.20. The lowest BCUT2D eigenvalue weighted by atomic mass is 10.0. The molecule has 0 bridgehead atoms. The van der Waals surface area contributed by atoms with Crippen LogP contribution in [0.3, 0.4) is 0 Å². The van der Waals surface area contributed by atoms with Gasteiger partial charge in [0.25, 0.3) is 10.1 Å². The van der Waals surface area contributed by atoms with E-state index in [0.717, 1.165) is 31.4 Å². The van der Waals surface area contributed by atoms with Crippen LogP contribution in [0.5, 0.6) is 5.75 Å². The highest BCUT2D eigenvalue weighted by atomic mass is 32.2. The number of Topliss-reactive ketones (excluding diaryl/α,β-unsaturated/α-hetero) is 1. The van der Waals surface area contributed by atoms with Gasteiger partial charge in [-0.2, -0.15) is 8.42 Å². The molecule has 0 atom stereocenters. The average molecular weight is 314 g/mol. The highest BCUT2D eigenvalue weighted by molar-refractivity contribution is 7.86. The average Bonchev–Trinajstić information content (AvgIpc) is 2.41. The van der Waals surface area contributed by atoms with Gasteiger partial charge in [-0.3, -0.25) is 9.35 Å². The number of phenols is 1. The molecule has 118 valence electrons. The summed E-state index contributed by atoms with van der Waals surface area (Å²) in [6, 6.07) is 3.43. The van der Waals surface area contributed by atoms with Gasteiger partial charge in [-0.25, -0.2) is 0 Å². The van der Waals surface area contributed by atoms with Gasteiger partial charge in [0.2, 0.25) is 0 Å². The van der Waals surface area contributed by atoms with Crippen LogP contribution in [0, 0.1) is 0 Å². The molecule has 0 fully saturated rings. The first-order chi connectivity index (χ1) is 9.86. The van der Waals surface area contributed by atoms with Crippen LogP contribution in [-0.2, 0) is 10.1 Å². The van der Waals surface area contributed by atoms with E-state index in [1.54, 1.807) is 0 Å². The molecule has 2 N–H and O–H groups in total. The Labute approximate surface area is 125 Å². The Hall–Kier alpha value is -1.40. The van der Waals surface area contributed by atoms with Gasteiger partial charge in [-0.05, 0) is 24.6 Å². The molecule has 0 aliphatic carbocycles. The van der Waals surface area contributed by atoms with Crippen LogP contribution in [0.2, 0.25) is 0 Å². The maximum Gasteiger partial charge on any atom is 0.298 e. The standard InChI is InChI=1S/C15H22O5S/c1-2-3-4-5-6-7-8-13(16)12-9-10-15(14(17)11-12)21(18,19)20/h9-11,17H,2-8H2,1H3,(H,18,19,20). The number of carbonyl (C=O) groups is 1. The van der Waals surface area contributed by atoms with Crippen LogP contribution in [0.1, 0.15) is 62.2 Å². The summed E-state index contributed by atoms with van der Waals surface area (Å²) in [6.45, 7) is 2.15. The second kappa shape index (κ2) is 8.14. The Morgan fingerprint density at radius 2 is 1.71 bits per heavy atom. The number of ketones is 1. The van der Waals surface area contributed by atoms with E-state index in [1.165, 1.54) is 25.3 Å². The Bertz CT molecular complexity index is 578. The lowest BCUT2D eigenvalue weighted by molar-refractivity contribution is 0.0978. The molecule has 5 nitrogen and oxygen atoms in total. The smallest absolute Gasteiger partial charge is 0.298 e. The zero-order valence-corrected chi connectivity index (χ0v) is 13.0. The quantitative estimate of drug-likeness (QED) is 0.413. The van der Waals surface area contributed by atoms with Crippen LogP contribution in [-0.4, -0.2) is 23.9 Å². The fourth-order valence-electron chi connectivity index (χ4n) is 2.12. The number of rotatable bonds is 9. The summed E-state index contributed by atoms with van der Waals surface area (Å²) in [4.78, 5) is 11.3. The fraction of sp³-hybridized carbons (Fsp3) is 0.533. The molecular weight excluding hydrogens is 292 g/mol. The minimum absolute atomic E-state index is 0.136. The molecule has 1 aromatic rings. The minimum atomic E-state index is -4.47. The fourth-order valence-corrected chi connectivity index (χ4v) is 2.68. The number of unbranched alkanes of at least 4 members (excludes halogenated alkanes) is 5. The lowest BCUT2D eigenvalue weighted by Gasteiger charge is -2.05. The van der Waals surface area contributed by atoms with E-state index in [9.17, 15) is 18.3 Å². The number of benzene rings is 1. The molecule has 21 heavy (non-hydrogen) atoms. The van der Waals surface area contributed by atoms with Gasteiger partial charge in [0.15, 0.2) is 5.78 Å². The van der Waals surface area contributed by atoms with Crippen LogP contribution in [0.25, 0.3) is 0 Å². The van der Waals surface area contributed by atoms with Crippen molar-refractivity contribution in [1.29, 1.82) is 0 Å². The molecule has 0 aliphatic rings. The number of aromatic hydroxyl groups is 1. The number of hydrogen-bond acceptors (Lipinski definition) is 4. The molecule has 1 rings (SSSR count). The first kappa shape index (κ1) is 17.7. The molecule has 0 unspecified atom stereocenters. The van der Waals surface area contributed by atoms with Crippen molar-refractivity contribution < 1.29 is 22.9 Å². The molecule has 0 spiro atoms. The maximum atomic E-state index is 11.9. The third kappa shape index (κ3) is 5.85. The minimum Gasteiger partial charge on any atom is -0.506 e. The molecule has 1 aromatic carbocycles. The number of carbonyl (C=O) groups excluding carboxylic acids is 1. The molecule has 0 saturated carbocycles. The SMILES string of the molecule is CCCCCCCCC(=O)c1ccc(S(=O)(=O)O)c(O)c1. The van der Waals surface area contributed by atoms with Crippen molar-refractivity contribution in [2.45, 2.75) is 56.8 Å². The Morgan fingerprint density at radius 1 is 1.10 bits per heavy atom. The van der Waals surface area contributed by atoms with Crippen molar-refractivity contribution in [3.05, 3.63) is 23.8 Å². The Kier molecular flexibility index (Phi) is 6.84. The monoisotopic (exact) mass is 314 g/mol. The van der Waals surface area contributed by atoms with Crippen molar-refractivity contribution in [3.63, 3.8) is 0 Å². The normalized spacial score (nSPS) is 11.5. The van der Waals surface area contributed by atoms with Crippen LogP contribution in [0.4, 0.5) is 0 Å². The van der Waals surface area contributed by atoms with Gasteiger partial charge >= 0.3 is 0 Å². The number of hydrogen-bond donors (Lipinski definition) is 2. The largest absolute Gasteiger partial charge is 0.506 e. The zero-order chi connectivity index (χ0) is 15.9. The molecule has 0 radical (unpaired) electrons. The van der Waals surface area contributed by atoms with Gasteiger partial charge in [-0.1, -0.05) is 39.0 Å². The topological polar surface area (TPSA) is 91.7 Å². The highest BCUT2D eigenvalue weighted by Crippen LogP contribution is 2.24. The van der Waals surface area contributed by atoms with E-state index in [-0.39, 0.29) is 11.3 Å². The predicted molar refractivity (Wildman–Crippen MR) is 80.2 cm³/mol. The number of phenolic OH excluding ortho intramolecular Hbond substituents is 1. The second-order valence-electron chi connectivity index (χ2n) is 5.10. The Balaban J connectivity index is 2.54. The second-order valence-corrected chi connectivity index (χ2v) is 6.49. The third-order valence-corrected chi connectivity index (χ3v) is 4.22. The molecule has 0 aromatic heterocycles. The van der Waals surface area contributed by atoms with Gasteiger partial charge in [0.05, 0.1) is 0 Å². The summed E-state index contributed by atoms with van der Waals surface area (Å²) < 4.78 is 30.8. The maximum absolute atomic E-state index is 11.9. The van der Waals surface area contributed by atoms with E-state index >= 15 is 0 Å².